The zero-order valence-electron chi connectivity index (χ0n) is 15.8. The quantitative estimate of drug-likeness (QED) is 0.491. The molecule has 2 aromatic rings. The van der Waals surface area contributed by atoms with Crippen LogP contribution in [0.2, 0.25) is 0 Å². The van der Waals surface area contributed by atoms with Crippen molar-refractivity contribution >= 4 is 46.8 Å². The Kier molecular flexibility index (Phi) is 4.77. The lowest BCUT2D eigenvalue weighted by Crippen LogP contribution is -2.54. The number of hydrogen-bond acceptors (Lipinski definition) is 5. The first-order valence-electron chi connectivity index (χ1n) is 9.27. The second kappa shape index (κ2) is 7.24. The molecule has 0 radical (unpaired) electrons. The lowest BCUT2D eigenvalue weighted by molar-refractivity contribution is -0.122. The van der Waals surface area contributed by atoms with E-state index >= 15 is 0 Å². The Morgan fingerprint density at radius 3 is 2.43 bits per heavy atom. The molecule has 2 aliphatic rings. The van der Waals surface area contributed by atoms with Gasteiger partial charge in [-0.3, -0.25) is 19.8 Å². The third kappa shape index (κ3) is 3.45. The molecule has 0 saturated carbocycles. The predicted octanol–water partition coefficient (Wildman–Crippen LogP) is 3.33. The van der Waals surface area contributed by atoms with Gasteiger partial charge >= 0.3 is 0 Å². The van der Waals surface area contributed by atoms with Crippen molar-refractivity contribution in [2.75, 3.05) is 22.9 Å². The summed E-state index contributed by atoms with van der Waals surface area (Å²) >= 11 is 5.26. The maximum Gasteiger partial charge on any atom is 0.270 e. The topological polar surface area (TPSA) is 65.8 Å². The first-order valence-corrected chi connectivity index (χ1v) is 9.68. The number of amides is 2. The van der Waals surface area contributed by atoms with E-state index in [-0.39, 0.29) is 10.7 Å². The lowest BCUT2D eigenvalue weighted by atomic mass is 10.1. The molecule has 2 amide bonds. The van der Waals surface area contributed by atoms with Gasteiger partial charge in [0.2, 0.25) is 0 Å². The minimum absolute atomic E-state index is 0.00455. The van der Waals surface area contributed by atoms with Gasteiger partial charge in [0.15, 0.2) is 11.0 Å². The summed E-state index contributed by atoms with van der Waals surface area (Å²) in [5.74, 6) is 0.246. The molecule has 2 aliphatic heterocycles. The van der Waals surface area contributed by atoms with E-state index in [1.807, 2.05) is 38.1 Å². The largest absolute Gasteiger partial charge is 0.441 e. The molecule has 0 atom stereocenters. The molecule has 6 nitrogen and oxygen atoms in total. The standard InChI is InChI=1S/C21H21N3O3S/c1-13-9-14(2)11-15(10-13)24-20(26)17(19(25)22-21(24)28)12-16-5-6-18(27-16)23-7-3-4-8-23/h5-6,9-12H,3-4,7-8H2,1-2H3,(H,22,25,28)/b17-12-. The summed E-state index contributed by atoms with van der Waals surface area (Å²) < 4.78 is 5.84. The summed E-state index contributed by atoms with van der Waals surface area (Å²) in [5.41, 5.74) is 2.65. The van der Waals surface area contributed by atoms with Crippen molar-refractivity contribution in [2.45, 2.75) is 26.7 Å². The highest BCUT2D eigenvalue weighted by atomic mass is 32.1. The van der Waals surface area contributed by atoms with Crippen molar-refractivity contribution in [1.29, 1.82) is 0 Å². The highest BCUT2D eigenvalue weighted by Crippen LogP contribution is 2.27. The summed E-state index contributed by atoms with van der Waals surface area (Å²) in [4.78, 5) is 29.0. The van der Waals surface area contributed by atoms with E-state index in [9.17, 15) is 9.59 Å². The average molecular weight is 395 g/mol. The molecule has 0 spiro atoms. The van der Waals surface area contributed by atoms with Crippen molar-refractivity contribution in [3.8, 4) is 0 Å². The maximum atomic E-state index is 13.1. The Balaban J connectivity index is 1.66. The number of hydrogen-bond donors (Lipinski definition) is 1. The van der Waals surface area contributed by atoms with Gasteiger partial charge in [-0.1, -0.05) is 6.07 Å². The third-order valence-corrected chi connectivity index (χ3v) is 5.17. The summed E-state index contributed by atoms with van der Waals surface area (Å²) in [6.07, 6.45) is 3.76. The molecule has 0 unspecified atom stereocenters. The normalized spacial score (nSPS) is 18.9. The summed E-state index contributed by atoms with van der Waals surface area (Å²) in [5, 5.41) is 2.68. The monoisotopic (exact) mass is 395 g/mol. The van der Waals surface area contributed by atoms with E-state index in [1.54, 1.807) is 6.07 Å². The minimum Gasteiger partial charge on any atom is -0.441 e. The molecular weight excluding hydrogens is 374 g/mol. The third-order valence-electron chi connectivity index (χ3n) is 4.88. The van der Waals surface area contributed by atoms with E-state index in [2.05, 4.69) is 10.2 Å². The van der Waals surface area contributed by atoms with Gasteiger partial charge in [0.25, 0.3) is 11.8 Å². The lowest BCUT2D eigenvalue weighted by Gasteiger charge is -2.29. The van der Waals surface area contributed by atoms with Gasteiger partial charge in [0, 0.05) is 19.2 Å². The van der Waals surface area contributed by atoms with Gasteiger partial charge in [-0.05, 0) is 74.3 Å². The molecule has 3 heterocycles. The number of thiocarbonyl (C=S) groups is 1. The Bertz CT molecular complexity index is 982. The summed E-state index contributed by atoms with van der Waals surface area (Å²) in [6.45, 7) is 5.81. The maximum absolute atomic E-state index is 13.1. The van der Waals surface area contributed by atoms with Crippen LogP contribution in [0.5, 0.6) is 0 Å². The molecule has 2 fully saturated rings. The number of furan rings is 1. The molecule has 1 N–H and O–H groups in total. The summed E-state index contributed by atoms with van der Waals surface area (Å²) in [6, 6.07) is 9.39. The molecular formula is C21H21N3O3S. The SMILES string of the molecule is Cc1cc(C)cc(N2C(=O)/C(=C\c3ccc(N4CCCC4)o3)C(=O)NC2=S)c1. The van der Waals surface area contributed by atoms with Gasteiger partial charge in [0.05, 0.1) is 5.69 Å². The van der Waals surface area contributed by atoms with Crippen molar-refractivity contribution in [3.63, 3.8) is 0 Å². The second-order valence-electron chi connectivity index (χ2n) is 7.17. The van der Waals surface area contributed by atoms with Crippen LogP contribution in [-0.4, -0.2) is 30.0 Å². The molecule has 1 aromatic heterocycles. The minimum atomic E-state index is -0.519. The number of carbonyl (C=O) groups is 2. The van der Waals surface area contributed by atoms with Gasteiger partial charge in [-0.2, -0.15) is 0 Å². The van der Waals surface area contributed by atoms with Crippen LogP contribution in [0.15, 0.2) is 40.3 Å². The van der Waals surface area contributed by atoms with E-state index in [4.69, 9.17) is 16.6 Å². The van der Waals surface area contributed by atoms with Crippen molar-refractivity contribution in [2.24, 2.45) is 0 Å². The molecule has 28 heavy (non-hydrogen) atoms. The number of aryl methyl sites for hydroxylation is 2. The van der Waals surface area contributed by atoms with Crippen LogP contribution >= 0.6 is 12.2 Å². The fourth-order valence-electron chi connectivity index (χ4n) is 3.64. The number of benzene rings is 1. The predicted molar refractivity (Wildman–Crippen MR) is 112 cm³/mol. The van der Waals surface area contributed by atoms with E-state index in [1.165, 1.54) is 11.0 Å². The number of nitrogens with one attached hydrogen (secondary N) is 1. The van der Waals surface area contributed by atoms with Crippen LogP contribution in [0, 0.1) is 13.8 Å². The highest BCUT2D eigenvalue weighted by molar-refractivity contribution is 7.80. The van der Waals surface area contributed by atoms with Crippen molar-refractivity contribution in [3.05, 3.63) is 52.8 Å². The van der Waals surface area contributed by atoms with Crippen LogP contribution in [0.4, 0.5) is 11.6 Å². The van der Waals surface area contributed by atoms with E-state index < -0.39 is 11.8 Å². The molecule has 2 saturated heterocycles. The fraction of sp³-hybridized carbons (Fsp3) is 0.286. The van der Waals surface area contributed by atoms with Crippen molar-refractivity contribution < 1.29 is 14.0 Å². The molecule has 7 heteroatoms. The van der Waals surface area contributed by atoms with Gasteiger partial charge < -0.3 is 9.32 Å². The Morgan fingerprint density at radius 1 is 1.07 bits per heavy atom. The van der Waals surface area contributed by atoms with Gasteiger partial charge in [0.1, 0.15) is 11.3 Å². The smallest absolute Gasteiger partial charge is 0.270 e. The number of nitrogens with zero attached hydrogens (tertiary/aromatic N) is 2. The first-order chi connectivity index (χ1) is 13.4. The molecule has 1 aromatic carbocycles. The zero-order chi connectivity index (χ0) is 19.8. The average Bonchev–Trinajstić information content (AvgIpc) is 3.29. The molecule has 0 bridgehead atoms. The summed E-state index contributed by atoms with van der Waals surface area (Å²) in [7, 11) is 0. The van der Waals surface area contributed by atoms with Crippen LogP contribution in [0.1, 0.15) is 29.7 Å². The van der Waals surface area contributed by atoms with Crippen molar-refractivity contribution in [1.82, 2.24) is 5.32 Å². The Labute approximate surface area is 168 Å². The Hall–Kier alpha value is -2.93. The van der Waals surface area contributed by atoms with Gasteiger partial charge in [-0.25, -0.2) is 0 Å². The first kappa shape index (κ1) is 18.4. The fourth-order valence-corrected chi connectivity index (χ4v) is 3.92. The molecule has 0 aliphatic carbocycles. The second-order valence-corrected chi connectivity index (χ2v) is 7.56. The van der Waals surface area contributed by atoms with Crippen LogP contribution in [0.25, 0.3) is 6.08 Å². The Morgan fingerprint density at radius 2 is 1.75 bits per heavy atom. The number of carbonyl (C=O) groups excluding carboxylic acids is 2. The highest BCUT2D eigenvalue weighted by Gasteiger charge is 2.35. The van der Waals surface area contributed by atoms with Crippen LogP contribution in [0.3, 0.4) is 0 Å². The number of anilines is 2. The zero-order valence-corrected chi connectivity index (χ0v) is 16.6. The molecule has 144 valence electrons. The van der Waals surface area contributed by atoms with Crippen LogP contribution in [-0.2, 0) is 9.59 Å². The van der Waals surface area contributed by atoms with Gasteiger partial charge in [-0.15, -0.1) is 0 Å². The molecule has 4 rings (SSSR count). The van der Waals surface area contributed by atoms with Crippen LogP contribution < -0.4 is 15.1 Å². The van der Waals surface area contributed by atoms with E-state index in [0.29, 0.717) is 11.4 Å². The number of rotatable bonds is 3. The van der Waals surface area contributed by atoms with E-state index in [0.717, 1.165) is 42.9 Å².